The molecule has 2 aliphatic carbocycles. The number of likely N-dealkylation sites (N-methyl/N-ethyl adjacent to an activating group) is 1. The minimum Gasteiger partial charge on any atom is -0.319 e. The van der Waals surface area contributed by atoms with Crippen LogP contribution in [-0.4, -0.2) is 23.6 Å². The first-order valence-electron chi connectivity index (χ1n) is 6.57. The second-order valence-electron chi connectivity index (χ2n) is 5.24. The van der Waals surface area contributed by atoms with Gasteiger partial charge in [-0.05, 0) is 50.6 Å². The molecule has 17 heavy (non-hydrogen) atoms. The van der Waals surface area contributed by atoms with Gasteiger partial charge in [0.05, 0.1) is 5.69 Å². The molecule has 0 aromatic carbocycles. The van der Waals surface area contributed by atoms with Gasteiger partial charge in [-0.2, -0.15) is 4.98 Å². The van der Waals surface area contributed by atoms with Crippen molar-refractivity contribution < 1.29 is 0 Å². The van der Waals surface area contributed by atoms with Gasteiger partial charge in [0, 0.05) is 18.2 Å². The molecule has 4 nitrogen and oxygen atoms in total. The summed E-state index contributed by atoms with van der Waals surface area (Å²) in [7, 11) is 1.99. The summed E-state index contributed by atoms with van der Waals surface area (Å²) in [6.07, 6.45) is 5.79. The van der Waals surface area contributed by atoms with Crippen molar-refractivity contribution in [3.8, 4) is 0 Å². The van der Waals surface area contributed by atoms with E-state index in [2.05, 4.69) is 15.3 Å². The Kier molecular flexibility index (Phi) is 2.74. The molecule has 1 aromatic rings. The fourth-order valence-electron chi connectivity index (χ4n) is 2.99. The van der Waals surface area contributed by atoms with Crippen LogP contribution in [0.2, 0.25) is 0 Å². The molecule has 1 fully saturated rings. The van der Waals surface area contributed by atoms with Crippen LogP contribution in [0.15, 0.2) is 4.79 Å². The van der Waals surface area contributed by atoms with Crippen molar-refractivity contribution in [3.05, 3.63) is 27.4 Å². The number of aromatic nitrogens is 2. The Morgan fingerprint density at radius 3 is 2.94 bits per heavy atom. The maximum atomic E-state index is 11.6. The van der Waals surface area contributed by atoms with Gasteiger partial charge in [-0.1, -0.05) is 0 Å². The molecule has 3 rings (SSSR count). The van der Waals surface area contributed by atoms with Crippen molar-refractivity contribution >= 4 is 0 Å². The van der Waals surface area contributed by atoms with Crippen molar-refractivity contribution in [2.75, 3.05) is 13.6 Å². The molecule has 0 saturated heterocycles. The van der Waals surface area contributed by atoms with Gasteiger partial charge in [0.25, 0.3) is 0 Å². The van der Waals surface area contributed by atoms with Crippen LogP contribution in [0, 0.1) is 0 Å². The van der Waals surface area contributed by atoms with Gasteiger partial charge in [0.1, 0.15) is 0 Å². The lowest BCUT2D eigenvalue weighted by Gasteiger charge is -2.26. The van der Waals surface area contributed by atoms with Gasteiger partial charge in [0.2, 0.25) is 0 Å². The van der Waals surface area contributed by atoms with Crippen molar-refractivity contribution in [2.24, 2.45) is 0 Å². The van der Waals surface area contributed by atoms with E-state index < -0.39 is 0 Å². The van der Waals surface area contributed by atoms with E-state index in [9.17, 15) is 4.79 Å². The Hall–Kier alpha value is -1.16. The van der Waals surface area contributed by atoms with Crippen LogP contribution in [0.3, 0.4) is 0 Å². The van der Waals surface area contributed by atoms with Gasteiger partial charge in [-0.25, -0.2) is 4.79 Å². The van der Waals surface area contributed by atoms with E-state index in [-0.39, 0.29) is 5.69 Å². The van der Waals surface area contributed by atoms with Crippen molar-refractivity contribution in [2.45, 2.75) is 43.9 Å². The summed E-state index contributed by atoms with van der Waals surface area (Å²) >= 11 is 0. The molecule has 92 valence electrons. The number of hydrogen-bond acceptors (Lipinski definition) is 3. The number of hydrogen-bond donors (Lipinski definition) is 2. The molecular formula is C13H19N3O. The minimum atomic E-state index is -0.157. The minimum absolute atomic E-state index is 0.157. The van der Waals surface area contributed by atoms with Gasteiger partial charge in [-0.15, -0.1) is 0 Å². The molecule has 1 aromatic heterocycles. The predicted octanol–water partition coefficient (Wildman–Crippen LogP) is 1.29. The summed E-state index contributed by atoms with van der Waals surface area (Å²) in [6.45, 7) is 0.987. The van der Waals surface area contributed by atoms with Gasteiger partial charge in [-0.3, -0.25) is 0 Å². The van der Waals surface area contributed by atoms with Crippen LogP contribution in [0.1, 0.15) is 54.5 Å². The predicted molar refractivity (Wildman–Crippen MR) is 66.4 cm³/mol. The molecule has 0 spiro atoms. The van der Waals surface area contributed by atoms with Crippen LogP contribution in [-0.2, 0) is 6.42 Å². The number of fused-ring (bicyclic) bond motifs is 1. The molecule has 2 N–H and O–H groups in total. The topological polar surface area (TPSA) is 57.8 Å². The summed E-state index contributed by atoms with van der Waals surface area (Å²) in [5, 5.41) is 3.26. The standard InChI is InChI=1S/C13H19N3O/c1-14-7-9-3-2-4-10-11(9)12(8-5-6-8)16-13(17)15-10/h8-9,14H,2-7H2,1H3,(H,15,16,17). The van der Waals surface area contributed by atoms with E-state index in [1.54, 1.807) is 0 Å². The highest BCUT2D eigenvalue weighted by Gasteiger charge is 2.33. The van der Waals surface area contributed by atoms with E-state index in [4.69, 9.17) is 0 Å². The fourth-order valence-corrected chi connectivity index (χ4v) is 2.99. The number of H-pyrrole nitrogens is 1. The summed E-state index contributed by atoms with van der Waals surface area (Å²) in [4.78, 5) is 18.8. The van der Waals surface area contributed by atoms with Gasteiger partial charge < -0.3 is 10.3 Å². The average Bonchev–Trinajstić information content (AvgIpc) is 3.12. The molecule has 1 unspecified atom stereocenters. The first-order chi connectivity index (χ1) is 8.29. The molecule has 4 heteroatoms. The Morgan fingerprint density at radius 2 is 2.24 bits per heavy atom. The lowest BCUT2D eigenvalue weighted by atomic mass is 9.83. The Bertz CT molecular complexity index is 476. The highest BCUT2D eigenvalue weighted by atomic mass is 16.1. The summed E-state index contributed by atoms with van der Waals surface area (Å²) < 4.78 is 0. The fraction of sp³-hybridized carbons (Fsp3) is 0.692. The number of aryl methyl sites for hydroxylation is 1. The van der Waals surface area contributed by atoms with Gasteiger partial charge in [0.15, 0.2) is 0 Å². The molecule has 0 amide bonds. The summed E-state index contributed by atoms with van der Waals surface area (Å²) in [6, 6.07) is 0. The van der Waals surface area contributed by atoms with E-state index >= 15 is 0 Å². The smallest absolute Gasteiger partial charge is 0.319 e. The normalized spacial score (nSPS) is 23.5. The van der Waals surface area contributed by atoms with Crippen LogP contribution in [0.4, 0.5) is 0 Å². The van der Waals surface area contributed by atoms with Gasteiger partial charge >= 0.3 is 5.69 Å². The Balaban J connectivity index is 2.08. The van der Waals surface area contributed by atoms with Crippen molar-refractivity contribution in [1.82, 2.24) is 15.3 Å². The lowest BCUT2D eigenvalue weighted by molar-refractivity contribution is 0.510. The number of nitrogens with zero attached hydrogens (tertiary/aromatic N) is 1. The molecule has 1 saturated carbocycles. The Labute approximate surface area is 101 Å². The first-order valence-corrected chi connectivity index (χ1v) is 6.57. The lowest BCUT2D eigenvalue weighted by Crippen LogP contribution is -2.27. The maximum Gasteiger partial charge on any atom is 0.345 e. The molecular weight excluding hydrogens is 214 g/mol. The third-order valence-electron chi connectivity index (χ3n) is 3.88. The van der Waals surface area contributed by atoms with Crippen LogP contribution < -0.4 is 11.0 Å². The number of nitrogens with one attached hydrogen (secondary N) is 2. The zero-order chi connectivity index (χ0) is 11.8. The molecule has 2 aliphatic rings. The van der Waals surface area contributed by atoms with Crippen LogP contribution in [0.5, 0.6) is 0 Å². The van der Waals surface area contributed by atoms with E-state index in [0.29, 0.717) is 11.8 Å². The van der Waals surface area contributed by atoms with Crippen LogP contribution in [0.25, 0.3) is 0 Å². The van der Waals surface area contributed by atoms with E-state index in [0.717, 1.165) is 24.4 Å². The quantitative estimate of drug-likeness (QED) is 0.827. The third-order valence-corrected chi connectivity index (χ3v) is 3.88. The van der Waals surface area contributed by atoms with Crippen molar-refractivity contribution in [1.29, 1.82) is 0 Å². The molecule has 1 atom stereocenters. The van der Waals surface area contributed by atoms with E-state index in [1.807, 2.05) is 7.05 Å². The highest BCUT2D eigenvalue weighted by molar-refractivity contribution is 5.35. The van der Waals surface area contributed by atoms with Crippen LogP contribution >= 0.6 is 0 Å². The number of rotatable bonds is 3. The highest BCUT2D eigenvalue weighted by Crippen LogP contribution is 2.44. The first kappa shape index (κ1) is 11.0. The SMILES string of the molecule is CNCC1CCCc2[nH]c(=O)nc(C3CC3)c21. The summed E-state index contributed by atoms with van der Waals surface area (Å²) in [5.41, 5.74) is 3.45. The largest absolute Gasteiger partial charge is 0.345 e. The zero-order valence-electron chi connectivity index (χ0n) is 10.3. The molecule has 0 radical (unpaired) electrons. The Morgan fingerprint density at radius 1 is 1.41 bits per heavy atom. The zero-order valence-corrected chi connectivity index (χ0v) is 10.3. The maximum absolute atomic E-state index is 11.6. The van der Waals surface area contributed by atoms with Crippen molar-refractivity contribution in [3.63, 3.8) is 0 Å². The molecule has 0 aliphatic heterocycles. The monoisotopic (exact) mass is 233 g/mol. The van der Waals surface area contributed by atoms with E-state index in [1.165, 1.54) is 31.2 Å². The second-order valence-corrected chi connectivity index (χ2v) is 5.24. The number of aromatic amines is 1. The molecule has 1 heterocycles. The average molecular weight is 233 g/mol. The summed E-state index contributed by atoms with van der Waals surface area (Å²) in [5.74, 6) is 1.09. The molecule has 0 bridgehead atoms. The third kappa shape index (κ3) is 2.02. The second kappa shape index (κ2) is 4.26.